The summed E-state index contributed by atoms with van der Waals surface area (Å²) in [4.78, 5) is 8.53. The normalized spacial score (nSPS) is 14.6. The van der Waals surface area contributed by atoms with E-state index in [-0.39, 0.29) is 5.82 Å². The molecule has 2 heterocycles. The Morgan fingerprint density at radius 1 is 0.929 bits per heavy atom. The summed E-state index contributed by atoms with van der Waals surface area (Å²) in [5.74, 6) is -0.322. The van der Waals surface area contributed by atoms with Crippen molar-refractivity contribution in [3.05, 3.63) is 83.9 Å². The van der Waals surface area contributed by atoms with Crippen molar-refractivity contribution in [2.24, 2.45) is 0 Å². The minimum Gasteiger partial charge on any atom is -0.367 e. The number of benzene rings is 2. The maximum Gasteiger partial charge on any atom is 0.147 e. The molecule has 1 aliphatic heterocycles. The second kappa shape index (κ2) is 8.20. The summed E-state index contributed by atoms with van der Waals surface area (Å²) >= 11 is 0. The lowest BCUT2D eigenvalue weighted by Gasteiger charge is -2.36. The van der Waals surface area contributed by atoms with E-state index in [0.717, 1.165) is 38.3 Å². The third-order valence-corrected chi connectivity index (χ3v) is 5.14. The molecule has 0 aliphatic carbocycles. The van der Waals surface area contributed by atoms with Gasteiger partial charge in [0, 0.05) is 45.1 Å². The maximum atomic E-state index is 14.3. The van der Waals surface area contributed by atoms with Crippen molar-refractivity contribution in [3.8, 4) is 17.2 Å². The molecule has 4 rings (SSSR count). The third-order valence-electron chi connectivity index (χ3n) is 5.14. The van der Waals surface area contributed by atoms with Crippen LogP contribution >= 0.6 is 0 Å². The Kier molecular flexibility index (Phi) is 5.31. The molecule has 5 heteroatoms. The Hall–Kier alpha value is -3.23. The van der Waals surface area contributed by atoms with Gasteiger partial charge in [-0.15, -0.1) is 0 Å². The second-order valence-corrected chi connectivity index (χ2v) is 6.98. The molecule has 1 aliphatic rings. The number of pyridine rings is 1. The third kappa shape index (κ3) is 4.03. The van der Waals surface area contributed by atoms with Crippen molar-refractivity contribution in [1.82, 2.24) is 9.88 Å². The van der Waals surface area contributed by atoms with Crippen LogP contribution in [0.1, 0.15) is 11.1 Å². The number of hydrogen-bond acceptors (Lipinski definition) is 4. The van der Waals surface area contributed by atoms with Crippen molar-refractivity contribution in [2.45, 2.75) is 6.54 Å². The molecule has 1 fully saturated rings. The Balaban J connectivity index is 1.39. The SMILES string of the molecule is N#Cc1ccc(N2CCN(Cc3cccc(-c4ccncc4)c3)CC2)c(F)c1. The smallest absolute Gasteiger partial charge is 0.147 e. The van der Waals surface area contributed by atoms with Crippen LogP contribution in [-0.4, -0.2) is 36.1 Å². The average molecular weight is 372 g/mol. The fourth-order valence-corrected chi connectivity index (χ4v) is 3.63. The summed E-state index contributed by atoms with van der Waals surface area (Å²) in [6.45, 7) is 4.17. The Morgan fingerprint density at radius 2 is 1.71 bits per heavy atom. The second-order valence-electron chi connectivity index (χ2n) is 6.98. The summed E-state index contributed by atoms with van der Waals surface area (Å²) in [5, 5.41) is 8.89. The summed E-state index contributed by atoms with van der Waals surface area (Å²) in [5.41, 5.74) is 4.57. The molecule has 0 amide bonds. The largest absolute Gasteiger partial charge is 0.367 e. The quantitative estimate of drug-likeness (QED) is 0.692. The number of piperazine rings is 1. The fourth-order valence-electron chi connectivity index (χ4n) is 3.63. The summed E-state index contributed by atoms with van der Waals surface area (Å²) in [6, 6.07) is 19.3. The van der Waals surface area contributed by atoms with E-state index in [2.05, 4.69) is 39.0 Å². The standard InChI is InChI=1S/C23H21FN4/c24-22-15-18(16-25)4-5-23(22)28-12-10-27(11-13-28)17-19-2-1-3-21(14-19)20-6-8-26-9-7-20/h1-9,14-15H,10-13,17H2. The Labute approximate surface area is 164 Å². The van der Waals surface area contributed by atoms with Crippen LogP contribution in [0.25, 0.3) is 11.1 Å². The zero-order valence-corrected chi connectivity index (χ0v) is 15.6. The molecule has 140 valence electrons. The number of aromatic nitrogens is 1. The average Bonchev–Trinajstić information content (AvgIpc) is 2.75. The predicted molar refractivity (Wildman–Crippen MR) is 108 cm³/mol. The van der Waals surface area contributed by atoms with Gasteiger partial charge < -0.3 is 4.90 Å². The van der Waals surface area contributed by atoms with Crippen LogP contribution in [0.4, 0.5) is 10.1 Å². The molecule has 3 aromatic rings. The van der Waals surface area contributed by atoms with Gasteiger partial charge in [-0.1, -0.05) is 18.2 Å². The van der Waals surface area contributed by atoms with Gasteiger partial charge in [0.25, 0.3) is 0 Å². The van der Waals surface area contributed by atoms with E-state index in [1.165, 1.54) is 17.2 Å². The van der Waals surface area contributed by atoms with Crippen LogP contribution in [0.15, 0.2) is 67.0 Å². The van der Waals surface area contributed by atoms with E-state index >= 15 is 0 Å². The molecule has 0 unspecified atom stereocenters. The van der Waals surface area contributed by atoms with Gasteiger partial charge in [0.1, 0.15) is 5.82 Å². The van der Waals surface area contributed by atoms with E-state index in [4.69, 9.17) is 5.26 Å². The lowest BCUT2D eigenvalue weighted by atomic mass is 10.0. The molecule has 0 saturated carbocycles. The van der Waals surface area contributed by atoms with Crippen molar-refractivity contribution in [1.29, 1.82) is 5.26 Å². The molecule has 2 aromatic carbocycles. The fraction of sp³-hybridized carbons (Fsp3) is 0.217. The summed E-state index contributed by atoms with van der Waals surface area (Å²) in [6.07, 6.45) is 3.62. The van der Waals surface area contributed by atoms with Gasteiger partial charge in [-0.3, -0.25) is 9.88 Å². The minimum atomic E-state index is -0.322. The molecule has 0 N–H and O–H groups in total. The van der Waals surface area contributed by atoms with Gasteiger partial charge in [0.15, 0.2) is 0 Å². The van der Waals surface area contributed by atoms with Gasteiger partial charge in [0.2, 0.25) is 0 Å². The molecule has 0 bridgehead atoms. The highest BCUT2D eigenvalue weighted by atomic mass is 19.1. The van der Waals surface area contributed by atoms with Crippen molar-refractivity contribution in [2.75, 3.05) is 31.1 Å². The van der Waals surface area contributed by atoms with E-state index in [9.17, 15) is 4.39 Å². The number of nitrogens with zero attached hydrogens (tertiary/aromatic N) is 4. The van der Waals surface area contributed by atoms with E-state index < -0.39 is 0 Å². The molecule has 0 atom stereocenters. The highest BCUT2D eigenvalue weighted by molar-refractivity contribution is 5.63. The van der Waals surface area contributed by atoms with E-state index in [0.29, 0.717) is 11.3 Å². The summed E-state index contributed by atoms with van der Waals surface area (Å²) < 4.78 is 14.3. The molecule has 0 radical (unpaired) electrons. The molecular formula is C23H21FN4. The number of rotatable bonds is 4. The number of hydrogen-bond donors (Lipinski definition) is 0. The van der Waals surface area contributed by atoms with Crippen LogP contribution in [0.3, 0.4) is 0 Å². The van der Waals surface area contributed by atoms with E-state index in [1.54, 1.807) is 12.1 Å². The molecular weight excluding hydrogens is 351 g/mol. The summed E-state index contributed by atoms with van der Waals surface area (Å²) in [7, 11) is 0. The van der Waals surface area contributed by atoms with Crippen molar-refractivity contribution in [3.63, 3.8) is 0 Å². The van der Waals surface area contributed by atoms with Crippen LogP contribution < -0.4 is 4.90 Å². The van der Waals surface area contributed by atoms with Crippen LogP contribution in [0.2, 0.25) is 0 Å². The van der Waals surface area contributed by atoms with Crippen LogP contribution in [0, 0.1) is 17.1 Å². The Morgan fingerprint density at radius 3 is 2.43 bits per heavy atom. The van der Waals surface area contributed by atoms with Crippen LogP contribution in [-0.2, 0) is 6.54 Å². The first-order valence-corrected chi connectivity index (χ1v) is 9.39. The molecule has 4 nitrogen and oxygen atoms in total. The first-order valence-electron chi connectivity index (χ1n) is 9.39. The zero-order chi connectivity index (χ0) is 19.3. The van der Waals surface area contributed by atoms with Gasteiger partial charge in [0.05, 0.1) is 17.3 Å². The first-order chi connectivity index (χ1) is 13.7. The zero-order valence-electron chi connectivity index (χ0n) is 15.6. The molecule has 0 spiro atoms. The van der Waals surface area contributed by atoms with Gasteiger partial charge in [-0.25, -0.2) is 4.39 Å². The number of halogens is 1. The van der Waals surface area contributed by atoms with Gasteiger partial charge in [-0.2, -0.15) is 5.26 Å². The van der Waals surface area contributed by atoms with Gasteiger partial charge in [-0.05, 0) is 53.1 Å². The highest BCUT2D eigenvalue weighted by Gasteiger charge is 2.20. The van der Waals surface area contributed by atoms with E-state index in [1.807, 2.05) is 30.6 Å². The number of nitriles is 1. The lowest BCUT2D eigenvalue weighted by Crippen LogP contribution is -2.46. The van der Waals surface area contributed by atoms with Gasteiger partial charge >= 0.3 is 0 Å². The number of anilines is 1. The lowest BCUT2D eigenvalue weighted by molar-refractivity contribution is 0.249. The maximum absolute atomic E-state index is 14.3. The molecule has 1 aromatic heterocycles. The predicted octanol–water partition coefficient (Wildman–Crippen LogP) is 4.08. The highest BCUT2D eigenvalue weighted by Crippen LogP contribution is 2.23. The van der Waals surface area contributed by atoms with Crippen molar-refractivity contribution < 1.29 is 4.39 Å². The Bertz CT molecular complexity index is 989. The van der Waals surface area contributed by atoms with Crippen molar-refractivity contribution >= 4 is 5.69 Å². The molecule has 1 saturated heterocycles. The topological polar surface area (TPSA) is 43.2 Å². The monoisotopic (exact) mass is 372 g/mol. The first kappa shape index (κ1) is 18.1. The molecule has 28 heavy (non-hydrogen) atoms. The van der Waals surface area contributed by atoms with Crippen LogP contribution in [0.5, 0.6) is 0 Å². The minimum absolute atomic E-state index is 0.322.